The van der Waals surface area contributed by atoms with Crippen molar-refractivity contribution in [2.45, 2.75) is 32.3 Å². The molecule has 0 aromatic carbocycles. The maximum absolute atomic E-state index is 5.94. The number of hydrogen-bond acceptors (Lipinski definition) is 4. The molecule has 2 heterocycles. The summed E-state index contributed by atoms with van der Waals surface area (Å²) in [6.45, 7) is 7.08. The van der Waals surface area contributed by atoms with Crippen molar-refractivity contribution in [3.8, 4) is 0 Å². The van der Waals surface area contributed by atoms with Crippen molar-refractivity contribution in [2.24, 2.45) is 5.92 Å². The third kappa shape index (κ3) is 2.83. The summed E-state index contributed by atoms with van der Waals surface area (Å²) in [7, 11) is 0. The van der Waals surface area contributed by atoms with E-state index in [1.807, 2.05) is 6.07 Å². The summed E-state index contributed by atoms with van der Waals surface area (Å²) in [5, 5.41) is 7.40. The van der Waals surface area contributed by atoms with Crippen molar-refractivity contribution in [3.05, 3.63) is 18.0 Å². The predicted octanol–water partition coefficient (Wildman–Crippen LogP) is 1.79. The quantitative estimate of drug-likeness (QED) is 0.847. The van der Waals surface area contributed by atoms with E-state index in [2.05, 4.69) is 24.3 Å². The first-order valence-corrected chi connectivity index (χ1v) is 6.00. The number of aromatic nitrogens is 1. The largest absolute Gasteiger partial charge is 0.376 e. The van der Waals surface area contributed by atoms with Crippen LogP contribution in [-0.4, -0.2) is 31.0 Å². The van der Waals surface area contributed by atoms with Crippen LogP contribution in [0.2, 0.25) is 0 Å². The summed E-state index contributed by atoms with van der Waals surface area (Å²) < 4.78 is 10.9. The topological polar surface area (TPSA) is 47.3 Å². The fourth-order valence-corrected chi connectivity index (χ4v) is 2.07. The van der Waals surface area contributed by atoms with Crippen LogP contribution in [0.1, 0.15) is 31.9 Å². The second kappa shape index (κ2) is 5.46. The summed E-state index contributed by atoms with van der Waals surface area (Å²) in [6.07, 6.45) is 2.92. The zero-order valence-electron chi connectivity index (χ0n) is 9.98. The number of nitrogens with zero attached hydrogens (tertiary/aromatic N) is 1. The molecule has 1 aliphatic rings. The van der Waals surface area contributed by atoms with Gasteiger partial charge in [0.05, 0.1) is 11.8 Å². The molecule has 0 bridgehead atoms. The van der Waals surface area contributed by atoms with E-state index in [9.17, 15) is 0 Å². The van der Waals surface area contributed by atoms with E-state index in [4.69, 9.17) is 9.26 Å². The fourth-order valence-electron chi connectivity index (χ4n) is 2.07. The monoisotopic (exact) mass is 224 g/mol. The van der Waals surface area contributed by atoms with Gasteiger partial charge in [0.25, 0.3) is 0 Å². The minimum absolute atomic E-state index is 0.223. The maximum Gasteiger partial charge on any atom is 0.124 e. The molecule has 0 aliphatic carbocycles. The van der Waals surface area contributed by atoms with E-state index < -0.39 is 0 Å². The highest BCUT2D eigenvalue weighted by Gasteiger charge is 2.29. The van der Waals surface area contributed by atoms with Crippen molar-refractivity contribution in [2.75, 3.05) is 19.7 Å². The molecule has 1 fully saturated rings. The zero-order valence-corrected chi connectivity index (χ0v) is 9.98. The van der Waals surface area contributed by atoms with Gasteiger partial charge in [-0.3, -0.25) is 0 Å². The van der Waals surface area contributed by atoms with Crippen LogP contribution in [0.4, 0.5) is 0 Å². The molecule has 0 saturated carbocycles. The van der Waals surface area contributed by atoms with Crippen molar-refractivity contribution in [1.82, 2.24) is 10.5 Å². The second-order valence-corrected chi connectivity index (χ2v) is 4.79. The molecule has 1 N–H and O–H groups in total. The first-order chi connectivity index (χ1) is 7.77. The molecule has 1 aromatic rings. The van der Waals surface area contributed by atoms with Crippen LogP contribution in [0.25, 0.3) is 0 Å². The summed E-state index contributed by atoms with van der Waals surface area (Å²) >= 11 is 0. The number of piperidine rings is 1. The smallest absolute Gasteiger partial charge is 0.124 e. The van der Waals surface area contributed by atoms with Gasteiger partial charge in [-0.1, -0.05) is 19.0 Å². The van der Waals surface area contributed by atoms with Gasteiger partial charge in [-0.15, -0.1) is 0 Å². The highest BCUT2D eigenvalue weighted by molar-refractivity contribution is 5.08. The molecule has 4 heteroatoms. The van der Waals surface area contributed by atoms with E-state index in [0.29, 0.717) is 11.8 Å². The van der Waals surface area contributed by atoms with Crippen LogP contribution >= 0.6 is 0 Å². The Hall–Kier alpha value is -0.870. The molecule has 1 aromatic heterocycles. The van der Waals surface area contributed by atoms with Crippen LogP contribution in [0.15, 0.2) is 16.9 Å². The second-order valence-electron chi connectivity index (χ2n) is 4.79. The van der Waals surface area contributed by atoms with Crippen LogP contribution in [0, 0.1) is 5.92 Å². The Bertz CT molecular complexity index is 298. The third-order valence-electron chi connectivity index (χ3n) is 2.91. The van der Waals surface area contributed by atoms with E-state index in [1.54, 1.807) is 6.26 Å². The highest BCUT2D eigenvalue weighted by atomic mass is 16.5. The summed E-state index contributed by atoms with van der Waals surface area (Å²) in [6, 6.07) is 1.95. The number of nitrogens with one attached hydrogen (secondary N) is 1. The summed E-state index contributed by atoms with van der Waals surface area (Å²) in [5.74, 6) is 0.943. The first kappa shape index (κ1) is 11.6. The van der Waals surface area contributed by atoms with Gasteiger partial charge in [-0.05, 0) is 18.9 Å². The SMILES string of the molecule is CC(C)COC1CNCCC1c1ccon1. The van der Waals surface area contributed by atoms with Gasteiger partial charge < -0.3 is 14.6 Å². The molecular weight excluding hydrogens is 204 g/mol. The Morgan fingerprint density at radius 2 is 2.50 bits per heavy atom. The van der Waals surface area contributed by atoms with Crippen molar-refractivity contribution in [1.29, 1.82) is 0 Å². The molecule has 0 spiro atoms. The van der Waals surface area contributed by atoms with E-state index in [-0.39, 0.29) is 6.10 Å². The normalized spacial score (nSPS) is 26.2. The van der Waals surface area contributed by atoms with Gasteiger partial charge in [0.2, 0.25) is 0 Å². The van der Waals surface area contributed by atoms with Crippen LogP contribution in [0.5, 0.6) is 0 Å². The molecular formula is C12H20N2O2. The van der Waals surface area contributed by atoms with Crippen molar-refractivity contribution in [3.63, 3.8) is 0 Å². The molecule has 2 unspecified atom stereocenters. The van der Waals surface area contributed by atoms with Gasteiger partial charge >= 0.3 is 0 Å². The summed E-state index contributed by atoms with van der Waals surface area (Å²) in [5.41, 5.74) is 1.02. The van der Waals surface area contributed by atoms with Crippen molar-refractivity contribution < 1.29 is 9.26 Å². The van der Waals surface area contributed by atoms with Gasteiger partial charge in [0, 0.05) is 25.1 Å². The highest BCUT2D eigenvalue weighted by Crippen LogP contribution is 2.26. The Labute approximate surface area is 96.3 Å². The lowest BCUT2D eigenvalue weighted by atomic mass is 9.92. The number of rotatable bonds is 4. The van der Waals surface area contributed by atoms with E-state index >= 15 is 0 Å². The Balaban J connectivity index is 1.97. The van der Waals surface area contributed by atoms with Crippen LogP contribution < -0.4 is 5.32 Å². The van der Waals surface area contributed by atoms with Gasteiger partial charge in [-0.25, -0.2) is 0 Å². The zero-order chi connectivity index (χ0) is 11.4. The standard InChI is InChI=1S/C12H20N2O2/c1-9(2)8-15-12-7-13-5-3-10(12)11-4-6-16-14-11/h4,6,9-10,12-13H,3,5,7-8H2,1-2H3. The van der Waals surface area contributed by atoms with Crippen LogP contribution in [-0.2, 0) is 4.74 Å². The molecule has 2 rings (SSSR count). The Morgan fingerprint density at radius 3 is 3.19 bits per heavy atom. The first-order valence-electron chi connectivity index (χ1n) is 6.00. The van der Waals surface area contributed by atoms with E-state index in [1.165, 1.54) is 0 Å². The molecule has 1 aliphatic heterocycles. The molecule has 0 radical (unpaired) electrons. The average molecular weight is 224 g/mol. The predicted molar refractivity (Wildman–Crippen MR) is 61.3 cm³/mol. The molecule has 16 heavy (non-hydrogen) atoms. The lowest BCUT2D eigenvalue weighted by Crippen LogP contribution is -2.41. The van der Waals surface area contributed by atoms with E-state index in [0.717, 1.165) is 31.8 Å². The molecule has 1 saturated heterocycles. The Morgan fingerprint density at radius 1 is 1.62 bits per heavy atom. The minimum atomic E-state index is 0.223. The third-order valence-corrected chi connectivity index (χ3v) is 2.91. The van der Waals surface area contributed by atoms with Crippen molar-refractivity contribution >= 4 is 0 Å². The molecule has 4 nitrogen and oxygen atoms in total. The average Bonchev–Trinajstić information content (AvgIpc) is 2.80. The van der Waals surface area contributed by atoms with Gasteiger partial charge in [0.15, 0.2) is 0 Å². The Kier molecular flexibility index (Phi) is 3.96. The number of ether oxygens (including phenoxy) is 1. The van der Waals surface area contributed by atoms with Crippen LogP contribution in [0.3, 0.4) is 0 Å². The summed E-state index contributed by atoms with van der Waals surface area (Å²) in [4.78, 5) is 0. The minimum Gasteiger partial charge on any atom is -0.376 e. The van der Waals surface area contributed by atoms with Gasteiger partial charge in [-0.2, -0.15) is 0 Å². The molecule has 2 atom stereocenters. The molecule has 0 amide bonds. The van der Waals surface area contributed by atoms with Gasteiger partial charge in [0.1, 0.15) is 6.26 Å². The maximum atomic E-state index is 5.94. The fraction of sp³-hybridized carbons (Fsp3) is 0.750. The lowest BCUT2D eigenvalue weighted by Gasteiger charge is -2.31. The lowest BCUT2D eigenvalue weighted by molar-refractivity contribution is 0.00636. The molecule has 90 valence electrons. The number of hydrogen-bond donors (Lipinski definition) is 1.